The van der Waals surface area contributed by atoms with Crippen LogP contribution in [-0.4, -0.2) is 26.8 Å². The van der Waals surface area contributed by atoms with Crippen LogP contribution in [0.2, 0.25) is 0 Å². The first-order valence-electron chi connectivity index (χ1n) is 6.28. The number of nitrogens with one attached hydrogen (secondary N) is 1. The van der Waals surface area contributed by atoms with E-state index in [1.165, 1.54) is 25.7 Å². The molecular formula is C11H21N5. The van der Waals surface area contributed by atoms with E-state index < -0.39 is 0 Å². The van der Waals surface area contributed by atoms with Gasteiger partial charge in [0, 0.05) is 0 Å². The first-order chi connectivity index (χ1) is 7.81. The van der Waals surface area contributed by atoms with Gasteiger partial charge in [-0.15, -0.1) is 5.10 Å². The zero-order valence-corrected chi connectivity index (χ0v) is 10.2. The second-order valence-electron chi connectivity index (χ2n) is 4.80. The highest BCUT2D eigenvalue weighted by atomic mass is 15.6. The van der Waals surface area contributed by atoms with Crippen molar-refractivity contribution in [1.29, 1.82) is 0 Å². The highest BCUT2D eigenvalue weighted by molar-refractivity contribution is 4.89. The van der Waals surface area contributed by atoms with E-state index in [0.29, 0.717) is 6.04 Å². The van der Waals surface area contributed by atoms with Gasteiger partial charge in [-0.3, -0.25) is 0 Å². The van der Waals surface area contributed by atoms with E-state index in [1.54, 1.807) is 0 Å². The summed E-state index contributed by atoms with van der Waals surface area (Å²) in [6.07, 6.45) is 4.98. The van der Waals surface area contributed by atoms with E-state index in [-0.39, 0.29) is 0 Å². The Hall–Kier alpha value is -0.970. The summed E-state index contributed by atoms with van der Waals surface area (Å²) in [4.78, 5) is 0. The zero-order valence-electron chi connectivity index (χ0n) is 10.2. The third-order valence-corrected chi connectivity index (χ3v) is 3.01. The third kappa shape index (κ3) is 3.01. The minimum Gasteiger partial charge on any atom is -0.310 e. The third-order valence-electron chi connectivity index (χ3n) is 3.01. The maximum Gasteiger partial charge on any atom is 0.165 e. The van der Waals surface area contributed by atoms with Gasteiger partial charge in [-0.2, -0.15) is 0 Å². The SMILES string of the molecule is CCCC(C)CNCc1nnnn1C1CC1. The average molecular weight is 223 g/mol. The van der Waals surface area contributed by atoms with Gasteiger partial charge in [0.25, 0.3) is 0 Å². The maximum absolute atomic E-state index is 4.06. The van der Waals surface area contributed by atoms with Crippen LogP contribution < -0.4 is 5.32 Å². The van der Waals surface area contributed by atoms with Crippen molar-refractivity contribution in [2.75, 3.05) is 6.54 Å². The molecule has 1 unspecified atom stereocenters. The lowest BCUT2D eigenvalue weighted by Crippen LogP contribution is -2.22. The van der Waals surface area contributed by atoms with Crippen LogP contribution in [0, 0.1) is 5.92 Å². The molecule has 1 saturated carbocycles. The van der Waals surface area contributed by atoms with Gasteiger partial charge in [0.05, 0.1) is 12.6 Å². The van der Waals surface area contributed by atoms with Gasteiger partial charge >= 0.3 is 0 Å². The van der Waals surface area contributed by atoms with Crippen molar-refractivity contribution in [3.8, 4) is 0 Å². The molecule has 0 spiro atoms. The Morgan fingerprint density at radius 1 is 1.50 bits per heavy atom. The fourth-order valence-electron chi connectivity index (χ4n) is 1.96. The molecule has 0 amide bonds. The van der Waals surface area contributed by atoms with Crippen molar-refractivity contribution in [1.82, 2.24) is 25.5 Å². The second-order valence-corrected chi connectivity index (χ2v) is 4.80. The fraction of sp³-hybridized carbons (Fsp3) is 0.909. The van der Waals surface area contributed by atoms with Crippen LogP contribution in [0.25, 0.3) is 0 Å². The van der Waals surface area contributed by atoms with Crippen molar-refractivity contribution in [3.63, 3.8) is 0 Å². The molecule has 0 aliphatic heterocycles. The molecule has 5 nitrogen and oxygen atoms in total. The van der Waals surface area contributed by atoms with Gasteiger partial charge in [-0.1, -0.05) is 20.3 Å². The molecule has 1 atom stereocenters. The molecule has 1 aliphatic carbocycles. The van der Waals surface area contributed by atoms with Crippen LogP contribution in [-0.2, 0) is 6.54 Å². The predicted octanol–water partition coefficient (Wildman–Crippen LogP) is 1.53. The smallest absolute Gasteiger partial charge is 0.165 e. The monoisotopic (exact) mass is 223 g/mol. The van der Waals surface area contributed by atoms with Crippen LogP contribution in [0.15, 0.2) is 0 Å². The van der Waals surface area contributed by atoms with E-state index in [9.17, 15) is 0 Å². The van der Waals surface area contributed by atoms with E-state index in [1.807, 2.05) is 4.68 Å². The van der Waals surface area contributed by atoms with Crippen LogP contribution >= 0.6 is 0 Å². The maximum atomic E-state index is 4.06. The van der Waals surface area contributed by atoms with Crippen LogP contribution in [0.3, 0.4) is 0 Å². The molecule has 90 valence electrons. The number of hydrogen-bond donors (Lipinski definition) is 1. The highest BCUT2D eigenvalue weighted by Gasteiger charge is 2.27. The first kappa shape index (κ1) is 11.5. The summed E-state index contributed by atoms with van der Waals surface area (Å²) >= 11 is 0. The summed E-state index contributed by atoms with van der Waals surface area (Å²) < 4.78 is 1.97. The number of hydrogen-bond acceptors (Lipinski definition) is 4. The molecule has 0 radical (unpaired) electrons. The van der Waals surface area contributed by atoms with Crippen LogP contribution in [0.4, 0.5) is 0 Å². The Kier molecular flexibility index (Phi) is 3.88. The summed E-state index contributed by atoms with van der Waals surface area (Å²) in [5.41, 5.74) is 0. The zero-order chi connectivity index (χ0) is 11.4. The summed E-state index contributed by atoms with van der Waals surface area (Å²) in [6.45, 7) is 6.34. The van der Waals surface area contributed by atoms with Gasteiger partial charge in [-0.25, -0.2) is 4.68 Å². The first-order valence-corrected chi connectivity index (χ1v) is 6.28. The number of aromatic nitrogens is 4. The van der Waals surface area contributed by atoms with Gasteiger partial charge in [0.2, 0.25) is 0 Å². The lowest BCUT2D eigenvalue weighted by atomic mass is 10.1. The van der Waals surface area contributed by atoms with Crippen molar-refractivity contribution in [2.45, 2.75) is 52.1 Å². The van der Waals surface area contributed by atoms with Crippen molar-refractivity contribution >= 4 is 0 Å². The molecule has 1 aliphatic rings. The molecule has 1 fully saturated rings. The molecule has 0 saturated heterocycles. The standard InChI is InChI=1S/C11H21N5/c1-3-4-9(2)7-12-8-11-13-14-15-16(11)10-5-6-10/h9-10,12H,3-8H2,1-2H3. The predicted molar refractivity (Wildman–Crippen MR) is 61.9 cm³/mol. The minimum absolute atomic E-state index is 0.569. The van der Waals surface area contributed by atoms with E-state index in [4.69, 9.17) is 0 Å². The Morgan fingerprint density at radius 2 is 2.31 bits per heavy atom. The molecule has 2 rings (SSSR count). The van der Waals surface area contributed by atoms with E-state index >= 15 is 0 Å². The summed E-state index contributed by atoms with van der Waals surface area (Å²) in [5, 5.41) is 15.3. The Morgan fingerprint density at radius 3 is 3.00 bits per heavy atom. The summed E-state index contributed by atoms with van der Waals surface area (Å²) in [7, 11) is 0. The van der Waals surface area contributed by atoms with E-state index in [0.717, 1.165) is 24.8 Å². The average Bonchev–Trinajstić information content (AvgIpc) is 3.00. The van der Waals surface area contributed by atoms with Gasteiger partial charge in [0.1, 0.15) is 0 Å². The molecule has 1 heterocycles. The largest absolute Gasteiger partial charge is 0.310 e. The van der Waals surface area contributed by atoms with Crippen molar-refractivity contribution in [3.05, 3.63) is 5.82 Å². The van der Waals surface area contributed by atoms with Crippen molar-refractivity contribution in [2.24, 2.45) is 5.92 Å². The molecule has 0 aromatic carbocycles. The second kappa shape index (κ2) is 5.39. The Balaban J connectivity index is 1.74. The molecule has 1 aromatic heterocycles. The van der Waals surface area contributed by atoms with Gasteiger partial charge in [-0.05, 0) is 42.2 Å². The van der Waals surface area contributed by atoms with Crippen molar-refractivity contribution < 1.29 is 0 Å². The molecular weight excluding hydrogens is 202 g/mol. The summed E-state index contributed by atoms with van der Waals surface area (Å²) in [6, 6.07) is 0.569. The Labute approximate surface area is 96.6 Å². The molecule has 1 N–H and O–H groups in total. The topological polar surface area (TPSA) is 55.6 Å². The van der Waals surface area contributed by atoms with Crippen LogP contribution in [0.5, 0.6) is 0 Å². The lowest BCUT2D eigenvalue weighted by Gasteiger charge is -2.10. The molecule has 1 aromatic rings. The lowest BCUT2D eigenvalue weighted by molar-refractivity contribution is 0.462. The highest BCUT2D eigenvalue weighted by Crippen LogP contribution is 2.34. The normalized spacial score (nSPS) is 17.6. The number of nitrogens with zero attached hydrogens (tertiary/aromatic N) is 4. The van der Waals surface area contributed by atoms with Gasteiger partial charge < -0.3 is 5.32 Å². The quantitative estimate of drug-likeness (QED) is 0.761. The summed E-state index contributed by atoms with van der Waals surface area (Å²) in [5.74, 6) is 1.71. The van der Waals surface area contributed by atoms with Gasteiger partial charge in [0.15, 0.2) is 5.82 Å². The Bertz CT molecular complexity index is 318. The minimum atomic E-state index is 0.569. The van der Waals surface area contributed by atoms with Crippen LogP contribution in [0.1, 0.15) is 51.4 Å². The number of rotatable bonds is 7. The molecule has 0 bridgehead atoms. The molecule has 5 heteroatoms. The number of tetrazole rings is 1. The fourth-order valence-corrected chi connectivity index (χ4v) is 1.96. The molecule has 16 heavy (non-hydrogen) atoms. The van der Waals surface area contributed by atoms with E-state index in [2.05, 4.69) is 34.7 Å².